The van der Waals surface area contributed by atoms with E-state index in [9.17, 15) is 10.2 Å². The van der Waals surface area contributed by atoms with Gasteiger partial charge < -0.3 is 10.2 Å². The van der Waals surface area contributed by atoms with Crippen LogP contribution >= 0.6 is 15.9 Å². The Morgan fingerprint density at radius 3 is 2.53 bits per heavy atom. The van der Waals surface area contributed by atoms with Crippen LogP contribution in [0.25, 0.3) is 0 Å². The van der Waals surface area contributed by atoms with E-state index >= 15 is 0 Å². The van der Waals surface area contributed by atoms with Gasteiger partial charge in [-0.2, -0.15) is 5.10 Å². The fourth-order valence-electron chi connectivity index (χ4n) is 2.91. The molecule has 1 fully saturated rings. The highest BCUT2D eigenvalue weighted by Crippen LogP contribution is 2.35. The Bertz CT molecular complexity index is 439. The maximum Gasteiger partial charge on any atom is 0.0909 e. The minimum absolute atomic E-state index is 0.456. The molecule has 1 heterocycles. The van der Waals surface area contributed by atoms with Crippen molar-refractivity contribution in [1.29, 1.82) is 0 Å². The number of hydrogen-bond donors (Lipinski definition) is 2. The fourth-order valence-corrected chi connectivity index (χ4v) is 3.63. The zero-order valence-electron chi connectivity index (χ0n) is 11.7. The predicted molar refractivity (Wildman–Crippen MR) is 78.1 cm³/mol. The fraction of sp³-hybridized carbons (Fsp3) is 0.786. The first-order chi connectivity index (χ1) is 9.01. The molecule has 4 nitrogen and oxygen atoms in total. The molecule has 5 heteroatoms. The van der Waals surface area contributed by atoms with Gasteiger partial charge in [-0.1, -0.05) is 19.8 Å². The standard InChI is InChI=1S/C14H23BrN2O2/c1-3-10-13(15)11(17(4-2)16-10)9-12(18)14(19)7-5-6-8-14/h12,18-19H,3-9H2,1-2H3. The Morgan fingerprint density at radius 2 is 2.00 bits per heavy atom. The molecule has 0 bridgehead atoms. The van der Waals surface area contributed by atoms with Crippen molar-refractivity contribution < 1.29 is 10.2 Å². The molecule has 19 heavy (non-hydrogen) atoms. The smallest absolute Gasteiger partial charge is 0.0909 e. The molecular formula is C14H23BrN2O2. The number of nitrogens with zero attached hydrogens (tertiary/aromatic N) is 2. The Kier molecular flexibility index (Phi) is 4.69. The third kappa shape index (κ3) is 2.88. The van der Waals surface area contributed by atoms with Gasteiger partial charge in [0.25, 0.3) is 0 Å². The molecule has 108 valence electrons. The third-order valence-electron chi connectivity index (χ3n) is 4.17. The van der Waals surface area contributed by atoms with Crippen LogP contribution in [-0.4, -0.2) is 31.7 Å². The normalized spacial score (nSPS) is 19.8. The average molecular weight is 331 g/mol. The van der Waals surface area contributed by atoms with Crippen molar-refractivity contribution in [2.45, 2.75) is 70.6 Å². The molecule has 0 radical (unpaired) electrons. The van der Waals surface area contributed by atoms with Crippen molar-refractivity contribution in [1.82, 2.24) is 9.78 Å². The maximum absolute atomic E-state index is 10.4. The van der Waals surface area contributed by atoms with E-state index in [1.165, 1.54) is 0 Å². The number of halogens is 1. The van der Waals surface area contributed by atoms with Crippen LogP contribution in [0.5, 0.6) is 0 Å². The Morgan fingerprint density at radius 1 is 1.37 bits per heavy atom. The van der Waals surface area contributed by atoms with Gasteiger partial charge in [0.15, 0.2) is 0 Å². The summed E-state index contributed by atoms with van der Waals surface area (Å²) in [5, 5.41) is 25.3. The summed E-state index contributed by atoms with van der Waals surface area (Å²) >= 11 is 3.58. The lowest BCUT2D eigenvalue weighted by molar-refractivity contribution is -0.0697. The highest BCUT2D eigenvalue weighted by Gasteiger charge is 2.39. The minimum Gasteiger partial charge on any atom is -0.390 e. The van der Waals surface area contributed by atoms with E-state index in [1.807, 2.05) is 11.6 Å². The highest BCUT2D eigenvalue weighted by atomic mass is 79.9. The molecule has 1 atom stereocenters. The van der Waals surface area contributed by atoms with E-state index in [4.69, 9.17) is 0 Å². The summed E-state index contributed by atoms with van der Waals surface area (Å²) in [6.07, 6.45) is 4.01. The SMILES string of the molecule is CCc1nn(CC)c(CC(O)C2(O)CCCC2)c1Br. The second-order valence-corrected chi connectivity index (χ2v) is 6.20. The van der Waals surface area contributed by atoms with Crippen molar-refractivity contribution in [2.75, 3.05) is 0 Å². The van der Waals surface area contributed by atoms with Crippen molar-refractivity contribution in [3.8, 4) is 0 Å². The van der Waals surface area contributed by atoms with Crippen LogP contribution in [0.2, 0.25) is 0 Å². The van der Waals surface area contributed by atoms with Crippen LogP contribution in [0, 0.1) is 0 Å². The van der Waals surface area contributed by atoms with Crippen LogP contribution < -0.4 is 0 Å². The predicted octanol–water partition coefficient (Wildman–Crippen LogP) is 2.44. The van der Waals surface area contributed by atoms with Crippen LogP contribution in [0.4, 0.5) is 0 Å². The van der Waals surface area contributed by atoms with E-state index in [0.717, 1.165) is 41.7 Å². The molecule has 1 saturated carbocycles. The average Bonchev–Trinajstić information content (AvgIpc) is 2.96. The maximum atomic E-state index is 10.4. The van der Waals surface area contributed by atoms with Crippen LogP contribution in [0.1, 0.15) is 50.9 Å². The molecule has 1 aromatic rings. The molecule has 1 aromatic heterocycles. The Balaban J connectivity index is 2.20. The van der Waals surface area contributed by atoms with Gasteiger partial charge >= 0.3 is 0 Å². The van der Waals surface area contributed by atoms with E-state index in [0.29, 0.717) is 19.3 Å². The lowest BCUT2D eigenvalue weighted by Crippen LogP contribution is -2.41. The number of aromatic nitrogens is 2. The Labute approximate surface area is 123 Å². The van der Waals surface area contributed by atoms with Gasteiger partial charge in [-0.15, -0.1) is 0 Å². The molecule has 1 aliphatic rings. The number of rotatable bonds is 5. The Hall–Kier alpha value is -0.390. The lowest BCUT2D eigenvalue weighted by Gasteiger charge is -2.28. The van der Waals surface area contributed by atoms with Crippen molar-refractivity contribution >= 4 is 15.9 Å². The third-order valence-corrected chi connectivity index (χ3v) is 5.09. The summed E-state index contributed by atoms with van der Waals surface area (Å²) in [7, 11) is 0. The van der Waals surface area contributed by atoms with Crippen LogP contribution in [-0.2, 0) is 19.4 Å². The molecule has 2 N–H and O–H groups in total. The van der Waals surface area contributed by atoms with Gasteiger partial charge in [0.2, 0.25) is 0 Å². The number of aliphatic hydroxyl groups is 2. The van der Waals surface area contributed by atoms with Crippen molar-refractivity contribution in [3.63, 3.8) is 0 Å². The topological polar surface area (TPSA) is 58.3 Å². The van der Waals surface area contributed by atoms with Gasteiger partial charge in [0, 0.05) is 13.0 Å². The molecule has 2 rings (SSSR count). The van der Waals surface area contributed by atoms with Gasteiger partial charge in [-0.3, -0.25) is 4.68 Å². The molecular weight excluding hydrogens is 308 g/mol. The van der Waals surface area contributed by atoms with E-state index in [1.54, 1.807) is 0 Å². The minimum atomic E-state index is -0.908. The number of hydrogen-bond acceptors (Lipinski definition) is 3. The van der Waals surface area contributed by atoms with Crippen molar-refractivity contribution in [3.05, 3.63) is 15.9 Å². The summed E-state index contributed by atoms with van der Waals surface area (Å²) in [4.78, 5) is 0. The first-order valence-corrected chi connectivity index (χ1v) is 7.95. The quantitative estimate of drug-likeness (QED) is 0.871. The molecule has 1 aliphatic carbocycles. The van der Waals surface area contributed by atoms with Gasteiger partial charge in [0.05, 0.1) is 27.6 Å². The van der Waals surface area contributed by atoms with Gasteiger partial charge in [0.1, 0.15) is 0 Å². The van der Waals surface area contributed by atoms with Crippen LogP contribution in [0.15, 0.2) is 4.47 Å². The van der Waals surface area contributed by atoms with E-state index < -0.39 is 11.7 Å². The zero-order chi connectivity index (χ0) is 14.0. The summed E-state index contributed by atoms with van der Waals surface area (Å²) < 4.78 is 2.90. The molecule has 1 unspecified atom stereocenters. The van der Waals surface area contributed by atoms with Gasteiger partial charge in [-0.25, -0.2) is 0 Å². The van der Waals surface area contributed by atoms with Crippen LogP contribution in [0.3, 0.4) is 0 Å². The zero-order valence-corrected chi connectivity index (χ0v) is 13.3. The molecule has 0 aliphatic heterocycles. The highest BCUT2D eigenvalue weighted by molar-refractivity contribution is 9.10. The monoisotopic (exact) mass is 330 g/mol. The summed E-state index contributed by atoms with van der Waals surface area (Å²) in [6, 6.07) is 0. The summed E-state index contributed by atoms with van der Waals surface area (Å²) in [5.74, 6) is 0. The first-order valence-electron chi connectivity index (χ1n) is 7.16. The summed E-state index contributed by atoms with van der Waals surface area (Å²) in [6.45, 7) is 4.88. The van der Waals surface area contributed by atoms with Crippen molar-refractivity contribution in [2.24, 2.45) is 0 Å². The molecule has 0 aromatic carbocycles. The molecule has 0 amide bonds. The molecule has 0 spiro atoms. The van der Waals surface area contributed by atoms with E-state index in [2.05, 4.69) is 28.0 Å². The number of aryl methyl sites for hydroxylation is 2. The van der Waals surface area contributed by atoms with Gasteiger partial charge in [-0.05, 0) is 42.1 Å². The van der Waals surface area contributed by atoms with E-state index in [-0.39, 0.29) is 0 Å². The molecule has 0 saturated heterocycles. The first kappa shape index (κ1) is 15.0. The number of aliphatic hydroxyl groups excluding tert-OH is 1. The largest absolute Gasteiger partial charge is 0.390 e. The lowest BCUT2D eigenvalue weighted by atomic mass is 9.91. The second-order valence-electron chi connectivity index (χ2n) is 5.41. The summed E-state index contributed by atoms with van der Waals surface area (Å²) in [5.41, 5.74) is 1.10. The second kappa shape index (κ2) is 5.94.